The van der Waals surface area contributed by atoms with Crippen molar-refractivity contribution in [3.8, 4) is 16.4 Å². The molecular formula is C16H11N3S. The van der Waals surface area contributed by atoms with Gasteiger partial charge in [-0.2, -0.15) is 0 Å². The summed E-state index contributed by atoms with van der Waals surface area (Å²) in [5.74, 6) is 0. The van der Waals surface area contributed by atoms with Gasteiger partial charge in [0.1, 0.15) is 6.33 Å². The summed E-state index contributed by atoms with van der Waals surface area (Å²) in [5.41, 5.74) is 4.22. The maximum absolute atomic E-state index is 4.71. The Morgan fingerprint density at radius 1 is 0.900 bits per heavy atom. The quantitative estimate of drug-likeness (QED) is 0.551. The molecule has 0 atom stereocenters. The molecule has 0 bridgehead atoms. The first-order chi connectivity index (χ1) is 9.92. The molecule has 0 fully saturated rings. The van der Waals surface area contributed by atoms with Crippen molar-refractivity contribution in [2.75, 3.05) is 0 Å². The highest BCUT2D eigenvalue weighted by molar-refractivity contribution is 7.12. The third kappa shape index (κ3) is 1.82. The summed E-state index contributed by atoms with van der Waals surface area (Å²) in [4.78, 5) is 9.12. The van der Waals surface area contributed by atoms with Crippen LogP contribution in [-0.2, 0) is 0 Å². The zero-order valence-corrected chi connectivity index (χ0v) is 11.4. The van der Waals surface area contributed by atoms with Crippen molar-refractivity contribution in [3.63, 3.8) is 0 Å². The molecule has 0 spiro atoms. The van der Waals surface area contributed by atoms with Crippen molar-refractivity contribution in [2.24, 2.45) is 0 Å². The van der Waals surface area contributed by atoms with Crippen molar-refractivity contribution in [1.29, 1.82) is 0 Å². The number of benzene rings is 2. The van der Waals surface area contributed by atoms with Crippen LogP contribution in [0.25, 0.3) is 27.4 Å². The number of fused-ring (bicyclic) bond motifs is 1. The molecule has 4 heteroatoms. The number of hydrogen-bond acceptors (Lipinski definition) is 3. The van der Waals surface area contributed by atoms with Gasteiger partial charge in [-0.1, -0.05) is 42.5 Å². The van der Waals surface area contributed by atoms with Gasteiger partial charge in [-0.15, -0.1) is 11.3 Å². The van der Waals surface area contributed by atoms with Gasteiger partial charge in [0, 0.05) is 10.9 Å². The molecule has 0 amide bonds. The van der Waals surface area contributed by atoms with Crippen molar-refractivity contribution < 1.29 is 0 Å². The normalized spacial score (nSPS) is 11.0. The summed E-state index contributed by atoms with van der Waals surface area (Å²) in [6, 6.07) is 18.3. The van der Waals surface area contributed by atoms with Crippen molar-refractivity contribution in [1.82, 2.24) is 14.5 Å². The lowest BCUT2D eigenvalue weighted by Crippen LogP contribution is -1.90. The molecular weight excluding hydrogens is 266 g/mol. The summed E-state index contributed by atoms with van der Waals surface area (Å²) < 4.78 is 2.03. The van der Waals surface area contributed by atoms with E-state index in [4.69, 9.17) is 4.98 Å². The minimum atomic E-state index is 0.942. The van der Waals surface area contributed by atoms with E-state index in [2.05, 4.69) is 28.6 Å². The first-order valence-corrected chi connectivity index (χ1v) is 7.23. The highest BCUT2D eigenvalue weighted by Gasteiger charge is 2.09. The number of imidazole rings is 1. The zero-order chi connectivity index (χ0) is 13.4. The number of nitrogens with zero attached hydrogens (tertiary/aromatic N) is 3. The Kier molecular flexibility index (Phi) is 2.60. The maximum atomic E-state index is 4.71. The zero-order valence-electron chi connectivity index (χ0n) is 10.6. The van der Waals surface area contributed by atoms with E-state index in [0.29, 0.717) is 0 Å². The van der Waals surface area contributed by atoms with Crippen LogP contribution in [0, 0.1) is 0 Å². The van der Waals surface area contributed by atoms with E-state index in [1.165, 1.54) is 0 Å². The molecule has 2 aromatic heterocycles. The Morgan fingerprint density at radius 2 is 1.70 bits per heavy atom. The van der Waals surface area contributed by atoms with Gasteiger partial charge in [0.05, 0.1) is 16.7 Å². The van der Waals surface area contributed by atoms with Crippen LogP contribution in [0.1, 0.15) is 0 Å². The molecule has 0 N–H and O–H groups in total. The van der Waals surface area contributed by atoms with Gasteiger partial charge in [-0.3, -0.25) is 4.57 Å². The van der Waals surface area contributed by atoms with E-state index in [1.807, 2.05) is 47.3 Å². The third-order valence-electron chi connectivity index (χ3n) is 3.22. The molecule has 0 unspecified atom stereocenters. The van der Waals surface area contributed by atoms with Gasteiger partial charge in [0.2, 0.25) is 0 Å². The number of hydrogen-bond donors (Lipinski definition) is 0. The third-order valence-corrected chi connectivity index (χ3v) is 4.06. The Morgan fingerprint density at radius 3 is 2.60 bits per heavy atom. The van der Waals surface area contributed by atoms with Crippen LogP contribution >= 0.6 is 11.3 Å². The van der Waals surface area contributed by atoms with Crippen molar-refractivity contribution >= 4 is 22.4 Å². The Bertz CT molecular complexity index is 861. The van der Waals surface area contributed by atoms with E-state index in [-0.39, 0.29) is 0 Å². The largest absolute Gasteiger partial charge is 0.274 e. The lowest BCUT2D eigenvalue weighted by atomic mass is 10.2. The lowest BCUT2D eigenvalue weighted by molar-refractivity contribution is 1.07. The summed E-state index contributed by atoms with van der Waals surface area (Å²) in [5, 5.41) is 3.02. The molecule has 96 valence electrons. The molecule has 0 aliphatic rings. The molecule has 4 aromatic rings. The Hall–Kier alpha value is -2.46. The minimum Gasteiger partial charge on any atom is -0.274 e. The van der Waals surface area contributed by atoms with E-state index >= 15 is 0 Å². The predicted molar refractivity (Wildman–Crippen MR) is 82.2 cm³/mol. The molecule has 3 nitrogen and oxygen atoms in total. The maximum Gasteiger partial charge on any atom is 0.195 e. The molecule has 0 saturated carbocycles. The molecule has 0 radical (unpaired) electrons. The standard InChI is InChI=1S/C16H11N3S/c1-2-6-12(7-3-1)14-10-20-16(18-14)19-11-17-13-8-4-5-9-15(13)19/h1-11H. The predicted octanol–water partition coefficient (Wildman–Crippen LogP) is 4.15. The van der Waals surface area contributed by atoms with E-state index in [0.717, 1.165) is 27.4 Å². The number of aromatic nitrogens is 3. The average Bonchev–Trinajstić information content (AvgIpc) is 3.14. The van der Waals surface area contributed by atoms with Crippen LogP contribution in [0.5, 0.6) is 0 Å². The monoisotopic (exact) mass is 277 g/mol. The van der Waals surface area contributed by atoms with Crippen LogP contribution in [0.4, 0.5) is 0 Å². The molecule has 0 aliphatic carbocycles. The molecule has 0 saturated heterocycles. The average molecular weight is 277 g/mol. The van der Waals surface area contributed by atoms with Crippen LogP contribution in [-0.4, -0.2) is 14.5 Å². The SMILES string of the molecule is c1ccc(-c2csc(-n3cnc4ccccc43)n2)cc1. The number of rotatable bonds is 2. The first kappa shape index (κ1) is 11.4. The van der Waals surface area contributed by atoms with E-state index in [9.17, 15) is 0 Å². The topological polar surface area (TPSA) is 30.7 Å². The second-order valence-electron chi connectivity index (χ2n) is 4.48. The summed E-state index contributed by atoms with van der Waals surface area (Å²) in [6.07, 6.45) is 1.83. The molecule has 2 heterocycles. The van der Waals surface area contributed by atoms with Crippen LogP contribution in [0.15, 0.2) is 66.3 Å². The Labute approximate surface area is 120 Å². The smallest absolute Gasteiger partial charge is 0.195 e. The van der Waals surface area contributed by atoms with Crippen LogP contribution in [0.2, 0.25) is 0 Å². The first-order valence-electron chi connectivity index (χ1n) is 6.35. The molecule has 2 aromatic carbocycles. The fourth-order valence-corrected chi connectivity index (χ4v) is 3.04. The fourth-order valence-electron chi connectivity index (χ4n) is 2.23. The lowest BCUT2D eigenvalue weighted by Gasteiger charge is -1.98. The molecule has 20 heavy (non-hydrogen) atoms. The van der Waals surface area contributed by atoms with Gasteiger partial charge in [0.25, 0.3) is 0 Å². The van der Waals surface area contributed by atoms with Crippen LogP contribution < -0.4 is 0 Å². The van der Waals surface area contributed by atoms with E-state index in [1.54, 1.807) is 11.3 Å². The summed E-state index contributed by atoms with van der Waals surface area (Å²) >= 11 is 1.63. The van der Waals surface area contributed by atoms with Crippen molar-refractivity contribution in [2.45, 2.75) is 0 Å². The van der Waals surface area contributed by atoms with Gasteiger partial charge < -0.3 is 0 Å². The van der Waals surface area contributed by atoms with Crippen molar-refractivity contribution in [3.05, 3.63) is 66.3 Å². The highest BCUT2D eigenvalue weighted by atomic mass is 32.1. The molecule has 0 aliphatic heterocycles. The van der Waals surface area contributed by atoms with Crippen LogP contribution in [0.3, 0.4) is 0 Å². The fraction of sp³-hybridized carbons (Fsp3) is 0. The van der Waals surface area contributed by atoms with Gasteiger partial charge in [-0.25, -0.2) is 9.97 Å². The van der Waals surface area contributed by atoms with Gasteiger partial charge in [-0.05, 0) is 12.1 Å². The number of thiazole rings is 1. The second-order valence-corrected chi connectivity index (χ2v) is 5.32. The summed E-state index contributed by atoms with van der Waals surface area (Å²) in [7, 11) is 0. The highest BCUT2D eigenvalue weighted by Crippen LogP contribution is 2.26. The minimum absolute atomic E-state index is 0.942. The van der Waals surface area contributed by atoms with Gasteiger partial charge >= 0.3 is 0 Å². The number of para-hydroxylation sites is 2. The summed E-state index contributed by atoms with van der Waals surface area (Å²) in [6.45, 7) is 0. The van der Waals surface area contributed by atoms with E-state index < -0.39 is 0 Å². The molecule has 4 rings (SSSR count). The van der Waals surface area contributed by atoms with Gasteiger partial charge in [0.15, 0.2) is 5.13 Å². The Balaban J connectivity index is 1.82. The second kappa shape index (κ2) is 4.58.